The Morgan fingerprint density at radius 2 is 2.29 bits per heavy atom. The van der Waals surface area contributed by atoms with Crippen LogP contribution in [0.15, 0.2) is 28.2 Å². The summed E-state index contributed by atoms with van der Waals surface area (Å²) < 4.78 is 31.5. The first-order valence-corrected chi connectivity index (χ1v) is 6.85. The molecule has 1 aliphatic rings. The predicted molar refractivity (Wildman–Crippen MR) is 61.2 cm³/mol. The first kappa shape index (κ1) is 12.3. The Morgan fingerprint density at radius 1 is 1.47 bits per heavy atom. The lowest BCUT2D eigenvalue weighted by atomic mass is 10.1. The zero-order valence-corrected chi connectivity index (χ0v) is 10.00. The molecule has 94 valence electrons. The Kier molecular flexibility index (Phi) is 3.60. The minimum Gasteiger partial charge on any atom is -0.380 e. The minimum absolute atomic E-state index is 0.256. The standard InChI is InChI=1S/C10H14N2O4S/c13-9-3-4-11-6-10(9)17(14,15)12-8-2-1-5-16-7-8/h3-4,6,8,12H,1-2,5,7H2,(H,11,13). The van der Waals surface area contributed by atoms with Crippen molar-refractivity contribution in [2.45, 2.75) is 23.8 Å². The third-order valence-corrected chi connectivity index (χ3v) is 4.10. The number of aromatic amines is 1. The molecule has 1 atom stereocenters. The highest BCUT2D eigenvalue weighted by atomic mass is 32.2. The maximum Gasteiger partial charge on any atom is 0.246 e. The van der Waals surface area contributed by atoms with Crippen molar-refractivity contribution in [1.82, 2.24) is 9.71 Å². The summed E-state index contributed by atoms with van der Waals surface area (Å²) in [4.78, 5) is 13.8. The molecule has 2 rings (SSSR count). The topological polar surface area (TPSA) is 88.3 Å². The van der Waals surface area contributed by atoms with Gasteiger partial charge >= 0.3 is 0 Å². The molecule has 0 aliphatic carbocycles. The molecule has 1 aromatic rings. The second kappa shape index (κ2) is 4.99. The van der Waals surface area contributed by atoms with Gasteiger partial charge in [0.25, 0.3) is 0 Å². The van der Waals surface area contributed by atoms with Gasteiger partial charge in [-0.1, -0.05) is 0 Å². The van der Waals surface area contributed by atoms with Crippen LogP contribution in [-0.4, -0.2) is 32.7 Å². The molecule has 1 fully saturated rings. The van der Waals surface area contributed by atoms with Crippen molar-refractivity contribution >= 4 is 10.0 Å². The number of hydrogen-bond donors (Lipinski definition) is 2. The zero-order valence-electron chi connectivity index (χ0n) is 9.18. The van der Waals surface area contributed by atoms with Gasteiger partial charge in [-0.3, -0.25) is 4.79 Å². The lowest BCUT2D eigenvalue weighted by Crippen LogP contribution is -2.41. The van der Waals surface area contributed by atoms with Gasteiger partial charge in [0.2, 0.25) is 15.5 Å². The molecule has 0 amide bonds. The molecular formula is C10H14N2O4S. The van der Waals surface area contributed by atoms with Crippen LogP contribution in [0.3, 0.4) is 0 Å². The van der Waals surface area contributed by atoms with Crippen molar-refractivity contribution in [1.29, 1.82) is 0 Å². The van der Waals surface area contributed by atoms with Gasteiger partial charge in [-0.05, 0) is 12.8 Å². The van der Waals surface area contributed by atoms with E-state index in [2.05, 4.69) is 9.71 Å². The van der Waals surface area contributed by atoms with E-state index in [1.54, 1.807) is 0 Å². The van der Waals surface area contributed by atoms with Crippen molar-refractivity contribution in [2.24, 2.45) is 0 Å². The number of ether oxygens (including phenoxy) is 1. The first-order valence-electron chi connectivity index (χ1n) is 5.37. The summed E-state index contributed by atoms with van der Waals surface area (Å²) in [5.41, 5.74) is -0.520. The van der Waals surface area contributed by atoms with Crippen LogP contribution >= 0.6 is 0 Å². The molecule has 0 aromatic carbocycles. The van der Waals surface area contributed by atoms with Gasteiger partial charge in [-0.2, -0.15) is 0 Å². The van der Waals surface area contributed by atoms with Gasteiger partial charge in [0, 0.05) is 31.1 Å². The minimum atomic E-state index is -3.76. The molecule has 17 heavy (non-hydrogen) atoms. The lowest BCUT2D eigenvalue weighted by Gasteiger charge is -2.22. The summed E-state index contributed by atoms with van der Waals surface area (Å²) in [5.74, 6) is 0. The van der Waals surface area contributed by atoms with Gasteiger partial charge in [0.15, 0.2) is 0 Å². The maximum atomic E-state index is 11.9. The van der Waals surface area contributed by atoms with Gasteiger partial charge in [-0.15, -0.1) is 0 Å². The molecule has 7 heteroatoms. The van der Waals surface area contributed by atoms with E-state index in [0.717, 1.165) is 12.8 Å². The third kappa shape index (κ3) is 2.93. The van der Waals surface area contributed by atoms with Crippen molar-refractivity contribution in [3.8, 4) is 0 Å². The van der Waals surface area contributed by atoms with Gasteiger partial charge in [0.1, 0.15) is 4.90 Å². The number of rotatable bonds is 3. The van der Waals surface area contributed by atoms with Crippen LogP contribution in [0.25, 0.3) is 0 Å². The number of nitrogens with one attached hydrogen (secondary N) is 2. The smallest absolute Gasteiger partial charge is 0.246 e. The largest absolute Gasteiger partial charge is 0.380 e. The molecule has 1 unspecified atom stereocenters. The molecule has 0 spiro atoms. The van der Waals surface area contributed by atoms with E-state index in [0.29, 0.717) is 13.2 Å². The number of H-pyrrole nitrogens is 1. The van der Waals surface area contributed by atoms with Gasteiger partial charge < -0.3 is 9.72 Å². The van der Waals surface area contributed by atoms with Crippen LogP contribution in [0, 0.1) is 0 Å². The number of aromatic nitrogens is 1. The average Bonchev–Trinajstić information content (AvgIpc) is 2.30. The molecule has 2 N–H and O–H groups in total. The summed E-state index contributed by atoms with van der Waals surface area (Å²) in [5, 5.41) is 0. The average molecular weight is 258 g/mol. The van der Waals surface area contributed by atoms with Gasteiger partial charge in [-0.25, -0.2) is 13.1 Å². The van der Waals surface area contributed by atoms with E-state index in [4.69, 9.17) is 4.74 Å². The summed E-state index contributed by atoms with van der Waals surface area (Å²) in [6, 6.07) is 0.930. The predicted octanol–water partition coefficient (Wildman–Crippen LogP) is -0.168. The van der Waals surface area contributed by atoms with Crippen LogP contribution < -0.4 is 10.2 Å². The van der Waals surface area contributed by atoms with E-state index < -0.39 is 15.5 Å². The van der Waals surface area contributed by atoms with Crippen LogP contribution in [0.1, 0.15) is 12.8 Å². The van der Waals surface area contributed by atoms with Crippen LogP contribution in [0.4, 0.5) is 0 Å². The highest BCUT2D eigenvalue weighted by Crippen LogP contribution is 2.09. The maximum absolute atomic E-state index is 11.9. The van der Waals surface area contributed by atoms with Crippen molar-refractivity contribution < 1.29 is 13.2 Å². The normalized spacial score (nSPS) is 21.3. The van der Waals surface area contributed by atoms with Crippen LogP contribution in [0.2, 0.25) is 0 Å². The molecule has 0 saturated carbocycles. The fraction of sp³-hybridized carbons (Fsp3) is 0.500. The third-order valence-electron chi connectivity index (χ3n) is 2.56. The molecule has 0 radical (unpaired) electrons. The molecule has 1 aliphatic heterocycles. The fourth-order valence-corrected chi connectivity index (χ4v) is 3.04. The Morgan fingerprint density at radius 3 is 2.94 bits per heavy atom. The van der Waals surface area contributed by atoms with E-state index in [9.17, 15) is 13.2 Å². The number of hydrogen-bond acceptors (Lipinski definition) is 4. The Labute approximate surface area is 99.1 Å². The van der Waals surface area contributed by atoms with Crippen molar-refractivity contribution in [2.75, 3.05) is 13.2 Å². The van der Waals surface area contributed by atoms with E-state index in [1.165, 1.54) is 18.5 Å². The lowest BCUT2D eigenvalue weighted by molar-refractivity contribution is 0.0774. The Hall–Kier alpha value is -1.18. The van der Waals surface area contributed by atoms with Crippen LogP contribution in [-0.2, 0) is 14.8 Å². The Balaban J connectivity index is 2.19. The SMILES string of the molecule is O=c1cc[nH]cc1S(=O)(=O)NC1CCCOC1. The molecule has 0 bridgehead atoms. The number of pyridine rings is 1. The number of sulfonamides is 1. The van der Waals surface area contributed by atoms with Gasteiger partial charge in [0.05, 0.1) is 6.61 Å². The van der Waals surface area contributed by atoms with E-state index in [-0.39, 0.29) is 10.9 Å². The summed E-state index contributed by atoms with van der Waals surface area (Å²) >= 11 is 0. The van der Waals surface area contributed by atoms with Crippen molar-refractivity contribution in [3.05, 3.63) is 28.7 Å². The molecule has 6 nitrogen and oxygen atoms in total. The quantitative estimate of drug-likeness (QED) is 0.788. The second-order valence-electron chi connectivity index (χ2n) is 3.91. The first-order chi connectivity index (χ1) is 8.09. The second-order valence-corrected chi connectivity index (χ2v) is 5.59. The highest BCUT2D eigenvalue weighted by Gasteiger charge is 2.23. The van der Waals surface area contributed by atoms with E-state index >= 15 is 0 Å². The van der Waals surface area contributed by atoms with Crippen molar-refractivity contribution in [3.63, 3.8) is 0 Å². The molecule has 2 heterocycles. The summed E-state index contributed by atoms with van der Waals surface area (Å²) in [6.07, 6.45) is 4.13. The van der Waals surface area contributed by atoms with E-state index in [1.807, 2.05) is 0 Å². The Bertz CT molecular complexity index is 531. The summed E-state index contributed by atoms with van der Waals surface area (Å²) in [6.45, 7) is 1.01. The molecular weight excluding hydrogens is 244 g/mol. The fourth-order valence-electron chi connectivity index (χ4n) is 1.73. The monoisotopic (exact) mass is 258 g/mol. The zero-order chi connectivity index (χ0) is 12.3. The summed E-state index contributed by atoms with van der Waals surface area (Å²) in [7, 11) is -3.76. The highest BCUT2D eigenvalue weighted by molar-refractivity contribution is 7.89. The van der Waals surface area contributed by atoms with Crippen LogP contribution in [0.5, 0.6) is 0 Å². The molecule has 1 aromatic heterocycles. The molecule has 1 saturated heterocycles.